The van der Waals surface area contributed by atoms with Crippen LogP contribution in [0.15, 0.2) is 48.5 Å². The van der Waals surface area contributed by atoms with Crippen LogP contribution in [0.1, 0.15) is 38.1 Å². The molecule has 2 aromatic carbocycles. The number of hydrogen-bond donors (Lipinski definition) is 0. The number of carbonyl (C=O) groups is 1. The molecule has 1 saturated heterocycles. The first-order valence-electron chi connectivity index (χ1n) is 10.2. The van der Waals surface area contributed by atoms with Gasteiger partial charge in [-0.2, -0.15) is 0 Å². The largest absolute Gasteiger partial charge is 0.343 e. The molecule has 144 valence electrons. The van der Waals surface area contributed by atoms with Crippen LogP contribution in [-0.4, -0.2) is 33.4 Å². The van der Waals surface area contributed by atoms with Gasteiger partial charge in [0.2, 0.25) is 5.91 Å². The monoisotopic (exact) mass is 377 g/mol. The summed E-state index contributed by atoms with van der Waals surface area (Å²) in [6.45, 7) is 1.53. The third kappa shape index (κ3) is 3.30. The van der Waals surface area contributed by atoms with E-state index in [-0.39, 0.29) is 11.9 Å². The Morgan fingerprint density at radius 3 is 2.50 bits per heavy atom. The zero-order valence-electron chi connectivity index (χ0n) is 15.9. The average molecular weight is 377 g/mol. The molecule has 0 unspecified atom stereocenters. The van der Waals surface area contributed by atoms with Crippen LogP contribution in [0, 0.1) is 11.7 Å². The van der Waals surface area contributed by atoms with Crippen molar-refractivity contribution in [1.29, 1.82) is 0 Å². The number of imidazole rings is 1. The molecule has 2 aliphatic rings. The normalized spacial score (nSPS) is 18.0. The number of benzene rings is 2. The average Bonchev–Trinajstić information content (AvgIpc) is 3.46. The number of halogens is 1. The number of aromatic nitrogens is 2. The summed E-state index contributed by atoms with van der Waals surface area (Å²) < 4.78 is 16.2. The Hall–Kier alpha value is -2.69. The molecule has 1 saturated carbocycles. The number of hydrogen-bond acceptors (Lipinski definition) is 2. The molecule has 2 heterocycles. The van der Waals surface area contributed by atoms with Gasteiger partial charge in [0.25, 0.3) is 0 Å². The molecule has 0 bridgehead atoms. The van der Waals surface area contributed by atoms with Crippen molar-refractivity contribution < 1.29 is 9.18 Å². The molecule has 1 aliphatic carbocycles. The summed E-state index contributed by atoms with van der Waals surface area (Å²) in [5, 5.41) is 0. The third-order valence-corrected chi connectivity index (χ3v) is 6.03. The van der Waals surface area contributed by atoms with Gasteiger partial charge < -0.3 is 9.47 Å². The van der Waals surface area contributed by atoms with Gasteiger partial charge in [-0.15, -0.1) is 0 Å². The SMILES string of the molecule is O=C(CC1CC1)N1CCC(n2c(-c3ccccc3)nc3ccc(F)cc32)CC1. The number of nitrogens with zero attached hydrogens (tertiary/aromatic N) is 3. The second-order valence-electron chi connectivity index (χ2n) is 8.06. The standard InChI is InChI=1S/C23H24FN3O/c24-18-8-9-20-21(15-18)27(23(25-20)17-4-2-1-3-5-17)19-10-12-26(13-11-19)22(28)14-16-6-7-16/h1-5,8-9,15-16,19H,6-7,10-14H2. The molecule has 5 heteroatoms. The quantitative estimate of drug-likeness (QED) is 0.655. The topological polar surface area (TPSA) is 38.1 Å². The Balaban J connectivity index is 1.46. The van der Waals surface area contributed by atoms with E-state index in [1.54, 1.807) is 12.1 Å². The first-order valence-corrected chi connectivity index (χ1v) is 10.2. The predicted molar refractivity (Wildman–Crippen MR) is 107 cm³/mol. The number of amides is 1. The number of piperidine rings is 1. The van der Waals surface area contributed by atoms with Crippen molar-refractivity contribution in [3.8, 4) is 11.4 Å². The minimum Gasteiger partial charge on any atom is -0.343 e. The second kappa shape index (κ2) is 7.04. The lowest BCUT2D eigenvalue weighted by molar-refractivity contribution is -0.132. The maximum Gasteiger partial charge on any atom is 0.222 e. The second-order valence-corrected chi connectivity index (χ2v) is 8.06. The van der Waals surface area contributed by atoms with E-state index in [4.69, 9.17) is 4.98 Å². The van der Waals surface area contributed by atoms with E-state index in [1.165, 1.54) is 18.9 Å². The highest BCUT2D eigenvalue weighted by Gasteiger charge is 2.30. The van der Waals surface area contributed by atoms with Crippen LogP contribution in [0.2, 0.25) is 0 Å². The van der Waals surface area contributed by atoms with E-state index >= 15 is 0 Å². The number of carbonyl (C=O) groups excluding carboxylic acids is 1. The highest BCUT2D eigenvalue weighted by Crippen LogP contribution is 2.36. The minimum atomic E-state index is -0.245. The molecule has 3 aromatic rings. The molecule has 28 heavy (non-hydrogen) atoms. The molecule has 0 atom stereocenters. The Morgan fingerprint density at radius 1 is 1.04 bits per heavy atom. The van der Waals surface area contributed by atoms with Crippen molar-refractivity contribution in [1.82, 2.24) is 14.5 Å². The van der Waals surface area contributed by atoms with Gasteiger partial charge in [0, 0.05) is 31.1 Å². The van der Waals surface area contributed by atoms with E-state index in [2.05, 4.69) is 4.57 Å². The molecular weight excluding hydrogens is 353 g/mol. The molecule has 0 N–H and O–H groups in total. The number of rotatable bonds is 4. The van der Waals surface area contributed by atoms with Crippen LogP contribution in [-0.2, 0) is 4.79 Å². The van der Waals surface area contributed by atoms with Crippen LogP contribution >= 0.6 is 0 Å². The predicted octanol–water partition coefficient (Wildman–Crippen LogP) is 4.81. The Labute approximate surface area is 164 Å². The number of fused-ring (bicyclic) bond motifs is 1. The van der Waals surface area contributed by atoms with Gasteiger partial charge in [-0.25, -0.2) is 9.37 Å². The van der Waals surface area contributed by atoms with Crippen LogP contribution in [0.3, 0.4) is 0 Å². The first-order chi connectivity index (χ1) is 13.7. The van der Waals surface area contributed by atoms with E-state index in [1.807, 2.05) is 35.2 Å². The lowest BCUT2D eigenvalue weighted by Crippen LogP contribution is -2.39. The fraction of sp³-hybridized carbons (Fsp3) is 0.391. The highest BCUT2D eigenvalue weighted by molar-refractivity contribution is 5.81. The number of likely N-dealkylation sites (tertiary alicyclic amines) is 1. The summed E-state index contributed by atoms with van der Waals surface area (Å²) in [5.74, 6) is 1.55. The smallest absolute Gasteiger partial charge is 0.222 e. The van der Waals surface area contributed by atoms with Crippen LogP contribution in [0.25, 0.3) is 22.4 Å². The Kier molecular flexibility index (Phi) is 4.38. The minimum absolute atomic E-state index is 0.215. The van der Waals surface area contributed by atoms with E-state index < -0.39 is 0 Å². The maximum absolute atomic E-state index is 14.0. The summed E-state index contributed by atoms with van der Waals surface area (Å²) in [6, 6.07) is 15.1. The van der Waals surface area contributed by atoms with Gasteiger partial charge >= 0.3 is 0 Å². The summed E-state index contributed by atoms with van der Waals surface area (Å²) in [6.07, 6.45) is 4.86. The Bertz CT molecular complexity index is 1000. The molecule has 0 spiro atoms. The zero-order valence-corrected chi connectivity index (χ0v) is 15.9. The van der Waals surface area contributed by atoms with Crippen LogP contribution < -0.4 is 0 Å². The van der Waals surface area contributed by atoms with Crippen molar-refractivity contribution >= 4 is 16.9 Å². The van der Waals surface area contributed by atoms with E-state index in [0.717, 1.165) is 48.4 Å². The molecule has 1 aromatic heterocycles. The zero-order chi connectivity index (χ0) is 19.1. The van der Waals surface area contributed by atoms with Gasteiger partial charge in [-0.05, 0) is 49.8 Å². The highest BCUT2D eigenvalue weighted by atomic mass is 19.1. The summed E-state index contributed by atoms with van der Waals surface area (Å²) >= 11 is 0. The fourth-order valence-corrected chi connectivity index (χ4v) is 4.30. The van der Waals surface area contributed by atoms with Gasteiger partial charge in [-0.1, -0.05) is 30.3 Å². The fourth-order valence-electron chi connectivity index (χ4n) is 4.30. The Morgan fingerprint density at radius 2 is 1.79 bits per heavy atom. The van der Waals surface area contributed by atoms with E-state index in [0.29, 0.717) is 18.2 Å². The summed E-state index contributed by atoms with van der Waals surface area (Å²) in [5.41, 5.74) is 2.68. The lowest BCUT2D eigenvalue weighted by Gasteiger charge is -2.33. The van der Waals surface area contributed by atoms with Crippen molar-refractivity contribution in [2.45, 2.75) is 38.1 Å². The van der Waals surface area contributed by atoms with Crippen molar-refractivity contribution in [3.05, 3.63) is 54.3 Å². The van der Waals surface area contributed by atoms with Crippen molar-refractivity contribution in [2.24, 2.45) is 5.92 Å². The summed E-state index contributed by atoms with van der Waals surface area (Å²) in [7, 11) is 0. The summed E-state index contributed by atoms with van der Waals surface area (Å²) in [4.78, 5) is 19.3. The van der Waals surface area contributed by atoms with Gasteiger partial charge in [0.15, 0.2) is 0 Å². The van der Waals surface area contributed by atoms with E-state index in [9.17, 15) is 9.18 Å². The molecule has 0 radical (unpaired) electrons. The molecular formula is C23H24FN3O. The first kappa shape index (κ1) is 17.4. The molecule has 5 rings (SSSR count). The van der Waals surface area contributed by atoms with Crippen molar-refractivity contribution in [3.63, 3.8) is 0 Å². The van der Waals surface area contributed by atoms with Gasteiger partial charge in [0.1, 0.15) is 11.6 Å². The van der Waals surface area contributed by atoms with Crippen LogP contribution in [0.4, 0.5) is 4.39 Å². The molecule has 2 fully saturated rings. The van der Waals surface area contributed by atoms with Crippen molar-refractivity contribution in [2.75, 3.05) is 13.1 Å². The van der Waals surface area contributed by atoms with Gasteiger partial charge in [-0.3, -0.25) is 4.79 Å². The van der Waals surface area contributed by atoms with Crippen LogP contribution in [0.5, 0.6) is 0 Å². The molecule has 1 amide bonds. The third-order valence-electron chi connectivity index (χ3n) is 6.03. The maximum atomic E-state index is 14.0. The molecule has 4 nitrogen and oxygen atoms in total. The lowest BCUT2D eigenvalue weighted by atomic mass is 10.0. The molecule has 1 aliphatic heterocycles. The van der Waals surface area contributed by atoms with Gasteiger partial charge in [0.05, 0.1) is 11.0 Å².